The molecule has 0 bridgehead atoms. The van der Waals surface area contributed by atoms with Crippen molar-refractivity contribution in [1.29, 1.82) is 0 Å². The Morgan fingerprint density at radius 1 is 0.540 bits per heavy atom. The second kappa shape index (κ2) is 64.9. The Morgan fingerprint density at radius 3 is 1.48 bits per heavy atom. The molecule has 2 heterocycles. The Morgan fingerprint density at radius 2 is 1.02 bits per heavy atom. The van der Waals surface area contributed by atoms with Crippen molar-refractivity contribution in [2.24, 2.45) is 70.0 Å². The summed E-state index contributed by atoms with van der Waals surface area (Å²) in [4.78, 5) is 153. The van der Waals surface area contributed by atoms with E-state index in [9.17, 15) is 72.5 Å². The number of nitrogens with zero attached hydrogens (tertiary/aromatic N) is 2. The van der Waals surface area contributed by atoms with Crippen LogP contribution in [-0.4, -0.2) is 173 Å². The molecule has 6 rings (SSSR count). The molecule has 0 fully saturated rings. The van der Waals surface area contributed by atoms with Crippen LogP contribution in [0.25, 0.3) is 10.9 Å². The second-order valence-electron chi connectivity index (χ2n) is 33.9. The van der Waals surface area contributed by atoms with Crippen LogP contribution < -0.4 is 21.9 Å². The number of pyridine rings is 1. The van der Waals surface area contributed by atoms with Gasteiger partial charge in [0.2, 0.25) is 0 Å². The van der Waals surface area contributed by atoms with Crippen LogP contribution in [0, 0.1) is 59.7 Å². The van der Waals surface area contributed by atoms with Crippen LogP contribution in [0.2, 0.25) is 0 Å². The number of hydrogen-bond donors (Lipinski definition) is 7. The zero-order valence-corrected chi connectivity index (χ0v) is 77.7. The average molecular weight is 1730 g/mol. The molecule has 0 aliphatic carbocycles. The van der Waals surface area contributed by atoms with E-state index < -0.39 is 41.9 Å². The Balaban J connectivity index is -0.000000662. The number of nitrogens with two attached hydrogens (primary N) is 3. The highest BCUT2D eigenvalue weighted by molar-refractivity contribution is 6.02. The fourth-order valence-corrected chi connectivity index (χ4v) is 9.69. The molecule has 0 radical (unpaired) electrons. The third-order valence-electron chi connectivity index (χ3n) is 17.4. The molecule has 0 aliphatic rings. The van der Waals surface area contributed by atoms with E-state index in [-0.39, 0.29) is 130 Å². The molecule has 26 nitrogen and oxygen atoms in total. The topological polar surface area (TPSA) is 426 Å². The number of allylic oxidation sites excluding steroid dienone is 1. The van der Waals surface area contributed by atoms with Crippen molar-refractivity contribution < 1.29 is 101 Å². The Hall–Kier alpha value is -10.8. The minimum atomic E-state index is -0.915. The van der Waals surface area contributed by atoms with Crippen LogP contribution in [0.5, 0.6) is 17.2 Å². The lowest BCUT2D eigenvalue weighted by Crippen LogP contribution is -2.35. The number of methoxy groups -OCH3 is 2. The van der Waals surface area contributed by atoms with Gasteiger partial charge in [0.15, 0.2) is 34.7 Å². The molecule has 2 aromatic heterocycles. The molecule has 4 aromatic carbocycles. The molecule has 6 aromatic rings. The molecule has 0 amide bonds. The molecule has 10 N–H and O–H groups in total. The normalized spacial score (nSPS) is 11.3. The number of quaternary nitrogens is 1. The number of ketones is 8. The second-order valence-corrected chi connectivity index (χ2v) is 33.9. The molecule has 26 heteroatoms. The number of aryl methyl sites for hydroxylation is 1. The maximum absolute atomic E-state index is 12.1. The monoisotopic (exact) mass is 1730 g/mol. The van der Waals surface area contributed by atoms with E-state index in [0.29, 0.717) is 55.7 Å². The maximum atomic E-state index is 12.1. The highest BCUT2D eigenvalue weighted by Crippen LogP contribution is 2.27. The van der Waals surface area contributed by atoms with Gasteiger partial charge in [0.05, 0.1) is 66.2 Å². The van der Waals surface area contributed by atoms with E-state index in [4.69, 9.17) is 31.8 Å². The number of aromatic hydroxyl groups is 2. The zero-order valence-electron chi connectivity index (χ0n) is 77.7. The summed E-state index contributed by atoms with van der Waals surface area (Å²) in [5, 5.41) is 28.4. The summed E-state index contributed by atoms with van der Waals surface area (Å²) in [7, 11) is 9.23. The number of ether oxygens (including phenoxy) is 4. The number of aliphatic carboxylic acids is 1. The molecule has 2 atom stereocenters. The van der Waals surface area contributed by atoms with Gasteiger partial charge in [0, 0.05) is 126 Å². The number of carboxylic acid groups (broad SMARTS) is 1. The number of H-pyrrole nitrogens is 1. The largest absolute Gasteiger partial charge is 0.508 e. The molecule has 0 aliphatic heterocycles. The van der Waals surface area contributed by atoms with Gasteiger partial charge >= 0.3 is 29.8 Å². The smallest absolute Gasteiger partial charge is 0.347 e. The predicted molar refractivity (Wildman–Crippen MR) is 492 cm³/mol. The summed E-state index contributed by atoms with van der Waals surface area (Å²) in [5.41, 5.74) is 21.4. The van der Waals surface area contributed by atoms with Gasteiger partial charge in [-0.25, -0.2) is 19.2 Å². The van der Waals surface area contributed by atoms with E-state index in [1.54, 1.807) is 115 Å². The summed E-state index contributed by atoms with van der Waals surface area (Å²) < 4.78 is 19.8. The first-order chi connectivity index (χ1) is 57.2. The van der Waals surface area contributed by atoms with Gasteiger partial charge < -0.3 is 60.9 Å². The first-order valence-electron chi connectivity index (χ1n) is 41.7. The van der Waals surface area contributed by atoms with Crippen molar-refractivity contribution in [2.45, 2.75) is 222 Å². The third-order valence-corrected chi connectivity index (χ3v) is 17.4. The minimum Gasteiger partial charge on any atom is -0.508 e. The Labute approximate surface area is 738 Å². The van der Waals surface area contributed by atoms with E-state index in [2.05, 4.69) is 54.4 Å². The third kappa shape index (κ3) is 56.8. The molecular weight excluding hydrogens is 1580 g/mol. The number of rotatable bonds is 35. The average Bonchev–Trinajstić information content (AvgIpc) is 1.69. The van der Waals surface area contributed by atoms with Crippen LogP contribution in [0.1, 0.15) is 249 Å². The van der Waals surface area contributed by atoms with Crippen molar-refractivity contribution in [3.05, 3.63) is 179 Å². The lowest BCUT2D eigenvalue weighted by molar-refractivity contribution is -0.870. The van der Waals surface area contributed by atoms with Gasteiger partial charge in [0.25, 0.3) is 0 Å². The van der Waals surface area contributed by atoms with Gasteiger partial charge in [-0.05, 0) is 135 Å². The van der Waals surface area contributed by atoms with Gasteiger partial charge in [0.1, 0.15) is 34.4 Å². The number of para-hydroxylation sites is 2. The number of fused-ring (bicyclic) bond motifs is 1. The van der Waals surface area contributed by atoms with Crippen molar-refractivity contribution in [3.8, 4) is 17.2 Å². The van der Waals surface area contributed by atoms with Gasteiger partial charge in [-0.3, -0.25) is 48.1 Å². The first kappa shape index (κ1) is 120. The van der Waals surface area contributed by atoms with Crippen molar-refractivity contribution in [2.75, 3.05) is 55.1 Å². The SMILES string of the molecule is C.CC(C)C(=O)C(N)CCC(=O)O.CC(C)C(=O)CCCCC(=O)c1cccnc1.CC(C)C(=O)CCCN.CC(C)C(=O)[C@@H](N)Cc1c[nH]c2ccc(O)cc12.CC(C)C(=O)c1ccccc1OC(=O)c1ccccc1O.CC(C)CC[N+](C)(C)C.COC(=O)/C=C/C(=O)C(C)C.COC(=O)/C=C/C(=O)OCC(C)(C)C.Cc1ccccc1C(=O)C(C)C. The Bertz CT molecular complexity index is 4270. The van der Waals surface area contributed by atoms with E-state index in [1.165, 1.54) is 45.4 Å². The number of unbranched alkanes of at least 4 members (excludes halogenated alkanes) is 1. The van der Waals surface area contributed by atoms with E-state index in [0.717, 1.165) is 75.5 Å². The van der Waals surface area contributed by atoms with Crippen molar-refractivity contribution >= 4 is 87.0 Å². The lowest BCUT2D eigenvalue weighted by atomic mass is 9.96. The summed E-state index contributed by atoms with van der Waals surface area (Å²) in [6.07, 6.45) is 15.7. The van der Waals surface area contributed by atoms with Crippen LogP contribution in [0.3, 0.4) is 0 Å². The minimum absolute atomic E-state index is 0. The highest BCUT2D eigenvalue weighted by atomic mass is 16.5. The van der Waals surface area contributed by atoms with Gasteiger partial charge in [-0.2, -0.15) is 0 Å². The summed E-state index contributed by atoms with van der Waals surface area (Å²) in [6, 6.07) is 27.9. The fourth-order valence-electron chi connectivity index (χ4n) is 9.69. The number of phenolic OH excluding ortho intramolecular Hbond substituents is 2. The number of hydrogen-bond acceptors (Lipinski definition) is 23. The van der Waals surface area contributed by atoms with Crippen molar-refractivity contribution in [3.63, 3.8) is 0 Å². The van der Waals surface area contributed by atoms with Gasteiger partial charge in [-0.15, -0.1) is 0 Å². The molecule has 0 saturated carbocycles. The number of carboxylic acids is 1. The number of esters is 4. The number of benzene rings is 4. The zero-order chi connectivity index (χ0) is 95.0. The Kier molecular flexibility index (Phi) is 62.6. The van der Waals surface area contributed by atoms with E-state index in [1.807, 2.05) is 120 Å². The quantitative estimate of drug-likeness (QED) is 0.00369. The molecule has 690 valence electrons. The van der Waals surface area contributed by atoms with Crippen LogP contribution in [0.15, 0.2) is 146 Å². The molecule has 1 unspecified atom stereocenters. The number of aromatic amines is 1. The molecule has 124 heavy (non-hydrogen) atoms. The highest BCUT2D eigenvalue weighted by Gasteiger charge is 2.23. The standard InChI is InChI=1S/C17H16O4.C14H18N2O2.C14H19NO2.C11H14O.C10H16O4.C8H15NO3.C8H20N.C8H12O3.C7H15NO.CH4/c1-11(2)16(19)13-8-4-6-10-15(13)21-17(20)12-7-3-5-9-14(12)18;1-8(2)14(18)12(15)5-9-7-16-13-4-3-10(17)6-11(9)13;1-11(2)13(16)7-3-4-8-14(17)12-6-5-9-15-10-12;1-8(2)11(12)10-7-5-4-6-9(10)3;1-10(2,3)7-14-9(12)6-5-8(11)13-4;1-5(2)8(12)6(9)3-4-7(10)11;1-8(2)6-7-9(3,4)5;1-6(2)7(9)4-5-8(10)11-3;1-6(2)7(9)4-3-5-8;/h3-11,18H,1-2H3;3-4,6-8,12,16-17H,5,15H2,1-2H3;5-6,9-11H,3-4,7-8H2,1-2H3;4-8H,1-3H3;5-6H,7H2,1-4H3;5-6H,3-4,9H2,1-2H3,(H,10,11);8H,6-7H2,1-5H3;4-6H,1-3H3;6H,3-5,8H2,1-2H3;1H4/q;;;;;;+1;;;/b;;;;6-5+;;;5-4+;;/t;12-;;;;;;;;/m.0......../s1. The maximum Gasteiger partial charge on any atom is 0.347 e. The van der Waals surface area contributed by atoms with Crippen LogP contribution in [0.4, 0.5) is 0 Å². The molecule has 0 saturated heterocycles. The number of carbonyl (C=O) groups is 13. The first-order valence-corrected chi connectivity index (χ1v) is 41.7. The summed E-state index contributed by atoms with van der Waals surface area (Å²) in [5.74, 6) is -1.45. The number of carbonyl (C=O) groups excluding carboxylic acids is 12. The summed E-state index contributed by atoms with van der Waals surface area (Å²) >= 11 is 0. The number of phenols is 2. The van der Waals surface area contributed by atoms with Crippen LogP contribution >= 0.6 is 0 Å². The van der Waals surface area contributed by atoms with Gasteiger partial charge in [-0.1, -0.05) is 188 Å². The van der Waals surface area contributed by atoms with E-state index >= 15 is 0 Å². The summed E-state index contributed by atoms with van der Waals surface area (Å²) in [6.45, 7) is 40.4. The predicted octanol–water partition coefficient (Wildman–Crippen LogP) is 17.3. The lowest BCUT2D eigenvalue weighted by Gasteiger charge is -2.24. The van der Waals surface area contributed by atoms with Crippen molar-refractivity contribution in [1.82, 2.24) is 9.97 Å². The number of aromatic nitrogens is 2. The number of nitrogens with one attached hydrogen (secondary N) is 1. The molecular formula is C98H149N6O20+. The molecule has 0 spiro atoms. The van der Waals surface area contributed by atoms with Crippen LogP contribution in [-0.2, 0) is 63.8 Å². The fraction of sp³-hybridized carbons (Fsp3) is 0.510. The number of Topliss-reactive ketones (excluding diaryl/α,β-unsaturated/α-hetero) is 7.